The first-order valence-corrected chi connectivity index (χ1v) is 34.6. The second-order valence-electron chi connectivity index (χ2n) is 23.9. The Morgan fingerprint density at radius 2 is 0.632 bits per heavy atom. The highest BCUT2D eigenvalue weighted by Crippen LogP contribution is 2.19. The van der Waals surface area contributed by atoms with E-state index in [2.05, 4.69) is 31.3 Å². The van der Waals surface area contributed by atoms with Crippen molar-refractivity contribution in [2.75, 3.05) is 13.2 Å². The number of hydrogen-bond acceptors (Lipinski definition) is 5. The van der Waals surface area contributed by atoms with Crippen molar-refractivity contribution < 1.29 is 24.5 Å². The number of aliphatic hydroxyl groups excluding tert-OH is 2. The molecule has 2 atom stereocenters. The molecule has 6 nitrogen and oxygen atoms in total. The van der Waals surface area contributed by atoms with Crippen LogP contribution in [0.3, 0.4) is 0 Å². The van der Waals surface area contributed by atoms with Crippen LogP contribution in [-0.2, 0) is 14.3 Å². The third-order valence-electron chi connectivity index (χ3n) is 16.2. The molecule has 3 N–H and O–H groups in total. The third-order valence-corrected chi connectivity index (χ3v) is 16.2. The van der Waals surface area contributed by atoms with E-state index in [0.29, 0.717) is 19.4 Å². The molecule has 76 heavy (non-hydrogen) atoms. The molecule has 0 aliphatic carbocycles. The van der Waals surface area contributed by atoms with Gasteiger partial charge in [0.05, 0.1) is 25.4 Å². The van der Waals surface area contributed by atoms with Gasteiger partial charge in [0.25, 0.3) is 0 Å². The number of carbonyl (C=O) groups excluding carboxylic acids is 2. The zero-order valence-electron chi connectivity index (χ0n) is 51.5. The van der Waals surface area contributed by atoms with Crippen molar-refractivity contribution in [2.45, 2.75) is 398 Å². The largest absolute Gasteiger partial charge is 0.466 e. The highest BCUT2D eigenvalue weighted by atomic mass is 16.5. The quantitative estimate of drug-likeness (QED) is 0.0320. The molecule has 0 saturated carbocycles. The van der Waals surface area contributed by atoms with Crippen molar-refractivity contribution in [2.24, 2.45) is 0 Å². The van der Waals surface area contributed by atoms with E-state index in [-0.39, 0.29) is 18.5 Å². The van der Waals surface area contributed by atoms with Gasteiger partial charge in [0, 0.05) is 12.8 Å². The Kier molecular flexibility index (Phi) is 64.4. The summed E-state index contributed by atoms with van der Waals surface area (Å²) in [7, 11) is 0. The van der Waals surface area contributed by atoms with Gasteiger partial charge in [-0.25, -0.2) is 0 Å². The van der Waals surface area contributed by atoms with Crippen LogP contribution in [0.15, 0.2) is 24.3 Å². The lowest BCUT2D eigenvalue weighted by Gasteiger charge is -2.20. The van der Waals surface area contributed by atoms with Crippen molar-refractivity contribution in [1.82, 2.24) is 5.32 Å². The molecule has 0 aromatic rings. The second-order valence-corrected chi connectivity index (χ2v) is 23.9. The van der Waals surface area contributed by atoms with Crippen LogP contribution in [0, 0.1) is 0 Å². The average molecular weight is 1070 g/mol. The molecule has 1 amide bonds. The van der Waals surface area contributed by atoms with Crippen LogP contribution in [0.5, 0.6) is 0 Å². The maximum atomic E-state index is 12.5. The van der Waals surface area contributed by atoms with Gasteiger partial charge in [-0.15, -0.1) is 0 Å². The van der Waals surface area contributed by atoms with E-state index >= 15 is 0 Å². The predicted octanol–water partition coefficient (Wildman–Crippen LogP) is 22.1. The molecule has 0 rings (SSSR count). The Bertz CT molecular complexity index is 1190. The Morgan fingerprint density at radius 1 is 0.355 bits per heavy atom. The normalized spacial score (nSPS) is 12.6. The Balaban J connectivity index is 3.33. The van der Waals surface area contributed by atoms with Crippen molar-refractivity contribution in [3.05, 3.63) is 24.3 Å². The van der Waals surface area contributed by atoms with Crippen LogP contribution in [0.1, 0.15) is 386 Å². The van der Waals surface area contributed by atoms with E-state index in [1.165, 1.54) is 315 Å². The summed E-state index contributed by atoms with van der Waals surface area (Å²) < 4.78 is 5.47. The van der Waals surface area contributed by atoms with Gasteiger partial charge in [0.1, 0.15) is 0 Å². The number of amides is 1. The summed E-state index contributed by atoms with van der Waals surface area (Å²) in [6.07, 6.45) is 82.7. The van der Waals surface area contributed by atoms with Gasteiger partial charge in [0.15, 0.2) is 0 Å². The number of rotatable bonds is 65. The summed E-state index contributed by atoms with van der Waals surface area (Å²) in [5.74, 6) is -0.0501. The zero-order valence-corrected chi connectivity index (χ0v) is 51.5. The van der Waals surface area contributed by atoms with Gasteiger partial charge < -0.3 is 20.3 Å². The van der Waals surface area contributed by atoms with Crippen LogP contribution >= 0.6 is 0 Å². The molecular formula is C70H135NO5. The summed E-state index contributed by atoms with van der Waals surface area (Å²) >= 11 is 0. The summed E-state index contributed by atoms with van der Waals surface area (Å²) in [6.45, 7) is 4.89. The first-order chi connectivity index (χ1) is 37.5. The van der Waals surface area contributed by atoms with Crippen LogP contribution in [0.4, 0.5) is 0 Å². The molecule has 0 aliphatic heterocycles. The molecule has 0 radical (unpaired) electrons. The monoisotopic (exact) mass is 1070 g/mol. The first kappa shape index (κ1) is 74.3. The number of hydrogen-bond donors (Lipinski definition) is 3. The SMILES string of the molecule is CCCC/C=C\CCCCCCCC(=O)OCCCCCCCCCCCCCCCCCCCCCCCCCCCCCCCCCCCC(=O)NC(CO)C(O)/C=C/CCCCCCCCCCCCCCC. The molecule has 0 spiro atoms. The first-order valence-electron chi connectivity index (χ1n) is 34.6. The van der Waals surface area contributed by atoms with E-state index in [9.17, 15) is 19.8 Å². The maximum Gasteiger partial charge on any atom is 0.305 e. The van der Waals surface area contributed by atoms with Gasteiger partial charge >= 0.3 is 5.97 Å². The fraction of sp³-hybridized carbons (Fsp3) is 0.914. The number of carbonyl (C=O) groups is 2. The van der Waals surface area contributed by atoms with Crippen LogP contribution in [0.2, 0.25) is 0 Å². The lowest BCUT2D eigenvalue weighted by molar-refractivity contribution is -0.143. The maximum absolute atomic E-state index is 12.5. The molecule has 2 unspecified atom stereocenters. The average Bonchev–Trinajstić information content (AvgIpc) is 3.42. The van der Waals surface area contributed by atoms with Crippen molar-refractivity contribution in [3.63, 3.8) is 0 Å². The van der Waals surface area contributed by atoms with E-state index < -0.39 is 12.1 Å². The fourth-order valence-electron chi connectivity index (χ4n) is 10.9. The highest BCUT2D eigenvalue weighted by molar-refractivity contribution is 5.76. The number of nitrogens with one attached hydrogen (secondary N) is 1. The summed E-state index contributed by atoms with van der Waals surface area (Å²) in [6, 6.07) is -0.623. The molecule has 0 aromatic carbocycles. The molecule has 0 aliphatic rings. The minimum absolute atomic E-state index is 0.0107. The van der Waals surface area contributed by atoms with Gasteiger partial charge in [-0.05, 0) is 51.4 Å². The van der Waals surface area contributed by atoms with Crippen LogP contribution in [-0.4, -0.2) is 47.4 Å². The lowest BCUT2D eigenvalue weighted by atomic mass is 10.0. The Hall–Kier alpha value is -1.66. The number of allylic oxidation sites excluding steroid dienone is 3. The number of unbranched alkanes of at least 4 members (excludes halogenated alkanes) is 52. The minimum Gasteiger partial charge on any atom is -0.466 e. The third kappa shape index (κ3) is 61.6. The summed E-state index contributed by atoms with van der Waals surface area (Å²) in [5, 5.41) is 23.2. The number of esters is 1. The van der Waals surface area contributed by atoms with Crippen LogP contribution in [0.25, 0.3) is 0 Å². The van der Waals surface area contributed by atoms with Gasteiger partial charge in [-0.3, -0.25) is 9.59 Å². The molecule has 0 saturated heterocycles. The minimum atomic E-state index is -0.840. The van der Waals surface area contributed by atoms with E-state index in [4.69, 9.17) is 4.74 Å². The fourth-order valence-corrected chi connectivity index (χ4v) is 10.9. The lowest BCUT2D eigenvalue weighted by Crippen LogP contribution is -2.45. The summed E-state index contributed by atoms with van der Waals surface area (Å²) in [4.78, 5) is 24.5. The van der Waals surface area contributed by atoms with E-state index in [1.54, 1.807) is 6.08 Å². The molecule has 450 valence electrons. The Morgan fingerprint density at radius 3 is 0.974 bits per heavy atom. The molecule has 0 aromatic heterocycles. The highest BCUT2D eigenvalue weighted by Gasteiger charge is 2.18. The molecule has 0 heterocycles. The zero-order chi connectivity index (χ0) is 55.0. The van der Waals surface area contributed by atoms with Crippen LogP contribution < -0.4 is 5.32 Å². The molecule has 6 heteroatoms. The smallest absolute Gasteiger partial charge is 0.305 e. The molecule has 0 fully saturated rings. The predicted molar refractivity (Wildman–Crippen MR) is 333 cm³/mol. The Labute approximate surface area is 475 Å². The van der Waals surface area contributed by atoms with E-state index in [0.717, 1.165) is 44.9 Å². The standard InChI is InChI=1S/C70H135NO5/c1-3-5-7-9-11-13-15-16-36-39-43-46-50-54-58-62-68(73)67(66-72)71-69(74)63-59-55-51-47-44-40-37-34-32-30-28-26-24-22-20-18-17-19-21-23-25-27-29-31-33-35-38-41-45-49-53-57-61-65-76-70(75)64-60-56-52-48-42-14-12-10-8-6-4-2/h10,12,58,62,67-68,72-73H,3-9,11,13-57,59-61,63-66H2,1-2H3,(H,71,74)/b12-10-,62-58+. The summed E-state index contributed by atoms with van der Waals surface area (Å²) in [5.41, 5.74) is 0. The van der Waals surface area contributed by atoms with Gasteiger partial charge in [-0.2, -0.15) is 0 Å². The second kappa shape index (κ2) is 65.9. The molecule has 0 bridgehead atoms. The molecular weight excluding hydrogens is 935 g/mol. The van der Waals surface area contributed by atoms with Crippen molar-refractivity contribution in [1.29, 1.82) is 0 Å². The van der Waals surface area contributed by atoms with E-state index in [1.807, 2.05) is 6.08 Å². The van der Waals surface area contributed by atoms with Crippen molar-refractivity contribution >= 4 is 11.9 Å². The number of ether oxygens (including phenoxy) is 1. The topological polar surface area (TPSA) is 95.9 Å². The van der Waals surface area contributed by atoms with Gasteiger partial charge in [-0.1, -0.05) is 346 Å². The number of aliphatic hydroxyl groups is 2. The van der Waals surface area contributed by atoms with Gasteiger partial charge in [0.2, 0.25) is 5.91 Å². The van der Waals surface area contributed by atoms with Crippen molar-refractivity contribution in [3.8, 4) is 0 Å².